The fraction of sp³-hybridized carbons (Fsp3) is 0.444. The minimum atomic E-state index is -0.466. The van der Waals surface area contributed by atoms with E-state index in [1.165, 1.54) is 0 Å². The molecule has 0 saturated carbocycles. The van der Waals surface area contributed by atoms with Gasteiger partial charge < -0.3 is 10.2 Å². The molecule has 0 aliphatic carbocycles. The number of nitrogens with zero attached hydrogens (tertiary/aromatic N) is 4. The van der Waals surface area contributed by atoms with Gasteiger partial charge in [-0.15, -0.1) is 0 Å². The van der Waals surface area contributed by atoms with Crippen LogP contribution in [0.1, 0.15) is 5.69 Å². The van der Waals surface area contributed by atoms with E-state index >= 15 is 0 Å². The summed E-state index contributed by atoms with van der Waals surface area (Å²) in [4.78, 5) is 11.8. The molecule has 92 valence electrons. The van der Waals surface area contributed by atoms with Crippen molar-refractivity contribution < 1.29 is 4.92 Å². The Hall–Kier alpha value is -1.76. The lowest BCUT2D eigenvalue weighted by atomic mass is 10.4. The molecule has 1 aliphatic rings. The third-order valence-corrected chi connectivity index (χ3v) is 2.84. The Morgan fingerprint density at radius 3 is 3.12 bits per heavy atom. The Kier molecular flexibility index (Phi) is 3.19. The first-order chi connectivity index (χ1) is 8.06. The van der Waals surface area contributed by atoms with Crippen LogP contribution in [0.2, 0.25) is 5.15 Å². The molecule has 0 bridgehead atoms. The quantitative estimate of drug-likeness (QED) is 0.632. The van der Waals surface area contributed by atoms with Crippen LogP contribution in [0.4, 0.5) is 0 Å². The molecule has 1 aromatic rings. The Bertz CT molecular complexity index is 450. The van der Waals surface area contributed by atoms with Crippen LogP contribution in [-0.4, -0.2) is 32.7 Å². The normalized spacial score (nSPS) is 17.5. The van der Waals surface area contributed by atoms with Gasteiger partial charge in [-0.05, 0) is 0 Å². The van der Waals surface area contributed by atoms with E-state index in [1.807, 2.05) is 4.90 Å². The number of halogens is 1. The number of nitro groups is 1. The molecular formula is C9H12ClN5O2. The van der Waals surface area contributed by atoms with Gasteiger partial charge in [0.15, 0.2) is 5.82 Å². The summed E-state index contributed by atoms with van der Waals surface area (Å²) in [5.41, 5.74) is 0.787. The summed E-state index contributed by atoms with van der Waals surface area (Å²) < 4.78 is 1.57. The minimum Gasteiger partial charge on any atom is -0.365 e. The first kappa shape index (κ1) is 11.7. The first-order valence-electron chi connectivity index (χ1n) is 5.09. The standard InChI is InChI=1S/C9H12ClN5O2/c1-13-8(10)4-7(12-13)5-14-3-2-11-9(14)6-15(16)17/h4,6,11H,2-3,5H2,1H3/b9-6+. The van der Waals surface area contributed by atoms with E-state index in [4.69, 9.17) is 11.6 Å². The highest BCUT2D eigenvalue weighted by atomic mass is 35.5. The largest absolute Gasteiger partial charge is 0.365 e. The van der Waals surface area contributed by atoms with Crippen molar-refractivity contribution >= 4 is 11.6 Å². The van der Waals surface area contributed by atoms with Crippen molar-refractivity contribution in [2.75, 3.05) is 13.1 Å². The van der Waals surface area contributed by atoms with Crippen LogP contribution in [-0.2, 0) is 13.6 Å². The number of hydrogen-bond acceptors (Lipinski definition) is 5. The molecule has 8 heteroatoms. The Labute approximate surface area is 103 Å². The Balaban J connectivity index is 2.10. The van der Waals surface area contributed by atoms with E-state index in [9.17, 15) is 10.1 Å². The van der Waals surface area contributed by atoms with E-state index in [0.717, 1.165) is 11.9 Å². The maximum Gasteiger partial charge on any atom is 0.274 e. The molecule has 1 aliphatic heterocycles. The smallest absolute Gasteiger partial charge is 0.274 e. The van der Waals surface area contributed by atoms with Crippen LogP contribution in [0.5, 0.6) is 0 Å². The van der Waals surface area contributed by atoms with Crippen LogP contribution in [0.3, 0.4) is 0 Å². The average molecular weight is 258 g/mol. The molecule has 1 N–H and O–H groups in total. The number of rotatable bonds is 3. The summed E-state index contributed by atoms with van der Waals surface area (Å²) in [6, 6.07) is 1.75. The maximum atomic E-state index is 10.4. The van der Waals surface area contributed by atoms with Gasteiger partial charge in [-0.3, -0.25) is 14.8 Å². The predicted octanol–water partition coefficient (Wildman–Crippen LogP) is 0.554. The monoisotopic (exact) mass is 257 g/mol. The second-order valence-electron chi connectivity index (χ2n) is 3.73. The summed E-state index contributed by atoms with van der Waals surface area (Å²) in [5, 5.41) is 18.1. The summed E-state index contributed by atoms with van der Waals surface area (Å²) >= 11 is 5.88. The van der Waals surface area contributed by atoms with E-state index in [1.54, 1.807) is 17.8 Å². The molecule has 0 atom stereocenters. The molecule has 0 amide bonds. The van der Waals surface area contributed by atoms with Crippen LogP contribution in [0.15, 0.2) is 18.1 Å². The fourth-order valence-corrected chi connectivity index (χ4v) is 1.88. The van der Waals surface area contributed by atoms with Gasteiger partial charge >= 0.3 is 0 Å². The van der Waals surface area contributed by atoms with Crippen LogP contribution < -0.4 is 5.32 Å². The SMILES string of the molecule is Cn1nc(CN2CCN/C2=C\[N+](=O)[O-])cc1Cl. The van der Waals surface area contributed by atoms with Crippen molar-refractivity contribution in [3.05, 3.63) is 39.0 Å². The van der Waals surface area contributed by atoms with Gasteiger partial charge in [-0.1, -0.05) is 11.6 Å². The lowest BCUT2D eigenvalue weighted by Gasteiger charge is -2.14. The summed E-state index contributed by atoms with van der Waals surface area (Å²) in [5.74, 6) is 0.511. The molecule has 1 aromatic heterocycles. The summed E-state index contributed by atoms with van der Waals surface area (Å²) in [6.07, 6.45) is 0.970. The maximum absolute atomic E-state index is 10.4. The number of aryl methyl sites for hydroxylation is 1. The topological polar surface area (TPSA) is 76.2 Å². The number of nitrogens with one attached hydrogen (secondary N) is 1. The van der Waals surface area contributed by atoms with E-state index in [-0.39, 0.29) is 0 Å². The zero-order valence-electron chi connectivity index (χ0n) is 9.26. The van der Waals surface area contributed by atoms with Crippen molar-refractivity contribution in [2.45, 2.75) is 6.54 Å². The fourth-order valence-electron chi connectivity index (χ4n) is 1.72. The second kappa shape index (κ2) is 4.62. The zero-order chi connectivity index (χ0) is 12.4. The van der Waals surface area contributed by atoms with Gasteiger partial charge in [0, 0.05) is 26.2 Å². The first-order valence-corrected chi connectivity index (χ1v) is 5.46. The number of hydrogen-bond donors (Lipinski definition) is 1. The van der Waals surface area contributed by atoms with Gasteiger partial charge in [0.05, 0.1) is 17.2 Å². The lowest BCUT2D eigenvalue weighted by Crippen LogP contribution is -2.21. The number of aromatic nitrogens is 2. The highest BCUT2D eigenvalue weighted by Gasteiger charge is 2.20. The molecule has 0 radical (unpaired) electrons. The van der Waals surface area contributed by atoms with Gasteiger partial charge in [0.1, 0.15) is 5.15 Å². The van der Waals surface area contributed by atoms with Gasteiger partial charge in [-0.2, -0.15) is 5.10 Å². The Morgan fingerprint density at radius 1 is 1.76 bits per heavy atom. The molecule has 0 unspecified atom stereocenters. The van der Waals surface area contributed by atoms with E-state index in [2.05, 4.69) is 10.4 Å². The zero-order valence-corrected chi connectivity index (χ0v) is 10.0. The molecule has 1 saturated heterocycles. The van der Waals surface area contributed by atoms with Gasteiger partial charge in [0.2, 0.25) is 0 Å². The Morgan fingerprint density at radius 2 is 2.53 bits per heavy atom. The molecule has 7 nitrogen and oxygen atoms in total. The van der Waals surface area contributed by atoms with Gasteiger partial charge in [-0.25, -0.2) is 0 Å². The lowest BCUT2D eigenvalue weighted by molar-refractivity contribution is -0.404. The molecule has 17 heavy (non-hydrogen) atoms. The van der Waals surface area contributed by atoms with Crippen LogP contribution in [0, 0.1) is 10.1 Å². The minimum absolute atomic E-state index is 0.466. The van der Waals surface area contributed by atoms with Crippen molar-refractivity contribution in [3.63, 3.8) is 0 Å². The average Bonchev–Trinajstić information content (AvgIpc) is 2.76. The molecule has 0 spiro atoms. The highest BCUT2D eigenvalue weighted by Crippen LogP contribution is 2.15. The highest BCUT2D eigenvalue weighted by molar-refractivity contribution is 6.29. The van der Waals surface area contributed by atoms with Crippen molar-refractivity contribution in [2.24, 2.45) is 7.05 Å². The molecule has 1 fully saturated rings. The van der Waals surface area contributed by atoms with Crippen molar-refractivity contribution in [3.8, 4) is 0 Å². The van der Waals surface area contributed by atoms with Crippen LogP contribution >= 0.6 is 11.6 Å². The third-order valence-electron chi connectivity index (χ3n) is 2.48. The van der Waals surface area contributed by atoms with Crippen LogP contribution in [0.25, 0.3) is 0 Å². The summed E-state index contributed by atoms with van der Waals surface area (Å²) in [6.45, 7) is 1.92. The van der Waals surface area contributed by atoms with Crippen molar-refractivity contribution in [1.29, 1.82) is 0 Å². The molecule has 2 rings (SSSR count). The van der Waals surface area contributed by atoms with Gasteiger partial charge in [0.25, 0.3) is 6.20 Å². The molecule has 2 heterocycles. The van der Waals surface area contributed by atoms with E-state index in [0.29, 0.717) is 30.6 Å². The van der Waals surface area contributed by atoms with E-state index < -0.39 is 4.92 Å². The van der Waals surface area contributed by atoms with Crippen molar-refractivity contribution in [1.82, 2.24) is 20.0 Å². The summed E-state index contributed by atoms with van der Waals surface area (Å²) in [7, 11) is 1.75. The molecular weight excluding hydrogens is 246 g/mol. The molecule has 0 aromatic carbocycles. The predicted molar refractivity (Wildman–Crippen MR) is 61.7 cm³/mol. The third kappa shape index (κ3) is 2.68. The second-order valence-corrected chi connectivity index (χ2v) is 4.12.